The van der Waals surface area contributed by atoms with Crippen molar-refractivity contribution in [2.45, 2.75) is 11.0 Å². The Balaban J connectivity index is 2.22. The number of pyridine rings is 1. The predicted octanol–water partition coefficient (Wildman–Crippen LogP) is 2.84. The number of halogens is 1. The minimum Gasteiger partial charge on any atom is -0.470 e. The minimum absolute atomic E-state index is 0.375. The predicted molar refractivity (Wildman–Crippen MR) is 122 cm³/mol. The third-order valence-electron chi connectivity index (χ3n) is 3.68. The van der Waals surface area contributed by atoms with Gasteiger partial charge in [-0.25, -0.2) is 0 Å². The molecule has 0 saturated heterocycles. The summed E-state index contributed by atoms with van der Waals surface area (Å²) in [5, 5.41) is 7.32. The fourth-order valence-corrected chi connectivity index (χ4v) is 3.32. The van der Waals surface area contributed by atoms with Crippen molar-refractivity contribution in [1.82, 2.24) is 10.3 Å². The van der Waals surface area contributed by atoms with Gasteiger partial charge in [0.25, 0.3) is 5.91 Å². The van der Waals surface area contributed by atoms with Gasteiger partial charge in [0.15, 0.2) is 0 Å². The van der Waals surface area contributed by atoms with Crippen LogP contribution in [0.2, 0.25) is 0 Å². The number of aromatic nitrogens is 1. The van der Waals surface area contributed by atoms with Gasteiger partial charge in [0.2, 0.25) is 5.44 Å². The van der Waals surface area contributed by atoms with Crippen molar-refractivity contribution in [3.63, 3.8) is 0 Å². The number of hydrogen-bond donors (Lipinski definition) is 1. The number of nitrogens with one attached hydrogen (secondary N) is 1. The Morgan fingerprint density at radius 3 is 2.89 bits per heavy atom. The van der Waals surface area contributed by atoms with Gasteiger partial charge >= 0.3 is 0 Å². The van der Waals surface area contributed by atoms with E-state index in [-0.39, 0.29) is 5.91 Å². The van der Waals surface area contributed by atoms with Gasteiger partial charge < -0.3 is 14.9 Å². The molecule has 28 heavy (non-hydrogen) atoms. The summed E-state index contributed by atoms with van der Waals surface area (Å²) in [6.45, 7) is 0. The second kappa shape index (κ2) is 10.2. The van der Waals surface area contributed by atoms with Crippen LogP contribution in [0.3, 0.4) is 0 Å². The van der Waals surface area contributed by atoms with E-state index in [1.165, 1.54) is 25.1 Å². The van der Waals surface area contributed by atoms with Gasteiger partial charge in [-0.15, -0.1) is 24.6 Å². The van der Waals surface area contributed by atoms with E-state index in [9.17, 15) is 4.79 Å². The maximum absolute atomic E-state index is 12.7. The van der Waals surface area contributed by atoms with E-state index in [1.54, 1.807) is 24.6 Å². The van der Waals surface area contributed by atoms with Crippen molar-refractivity contribution < 1.29 is 14.4 Å². The highest BCUT2D eigenvalue weighted by atomic mass is 127. The molecule has 0 spiro atoms. The molecule has 1 heterocycles. The first-order chi connectivity index (χ1) is 13.5. The number of carbonyl (C=O) groups excluding carboxylic acids is 1. The monoisotopic (exact) mass is 507 g/mol. The van der Waals surface area contributed by atoms with Crippen molar-refractivity contribution in [3.05, 3.63) is 36.0 Å². The number of benzene rings is 1. The Morgan fingerprint density at radius 2 is 2.29 bits per heavy atom. The lowest BCUT2D eigenvalue weighted by molar-refractivity contribution is -0.125. The summed E-state index contributed by atoms with van der Waals surface area (Å²) in [6.07, 6.45) is 15.8. The highest BCUT2D eigenvalue weighted by molar-refractivity contribution is 14.1. The van der Waals surface area contributed by atoms with Crippen LogP contribution in [-0.4, -0.2) is 45.9 Å². The zero-order valence-electron chi connectivity index (χ0n) is 15.3. The number of thioether (sulfide) groups is 1. The molecule has 8 heteroatoms. The molecule has 144 valence electrons. The summed E-state index contributed by atoms with van der Waals surface area (Å²) in [6, 6.07) is 7.19. The second-order valence-electron chi connectivity index (χ2n) is 5.56. The van der Waals surface area contributed by atoms with E-state index in [4.69, 9.17) is 17.6 Å². The number of rotatable bonds is 8. The third kappa shape index (κ3) is 5.31. The highest BCUT2D eigenvalue weighted by Gasteiger charge is 2.31. The normalized spacial score (nSPS) is 13.9. The maximum atomic E-state index is 12.7. The molecule has 1 aromatic carbocycles. The number of hydrogen-bond acceptors (Lipinski definition) is 6. The number of ether oxygens (including phenoxy) is 1. The van der Waals surface area contributed by atoms with Crippen LogP contribution in [0.25, 0.3) is 10.9 Å². The van der Waals surface area contributed by atoms with Crippen LogP contribution >= 0.6 is 34.4 Å². The zero-order valence-corrected chi connectivity index (χ0v) is 18.3. The van der Waals surface area contributed by atoms with Crippen molar-refractivity contribution in [2.24, 2.45) is 5.16 Å². The molecule has 0 aliphatic rings. The largest absolute Gasteiger partial charge is 0.470 e. The van der Waals surface area contributed by atoms with Gasteiger partial charge in [-0.05, 0) is 30.5 Å². The molecule has 1 amide bonds. The average Bonchev–Trinajstić information content (AvgIpc) is 2.74. The fourth-order valence-electron chi connectivity index (χ4n) is 2.23. The van der Waals surface area contributed by atoms with E-state index < -0.39 is 11.0 Å². The first-order valence-corrected chi connectivity index (χ1v) is 10.8. The van der Waals surface area contributed by atoms with Gasteiger partial charge in [0.05, 0.1) is 11.7 Å². The Hall–Kier alpha value is -2.43. The molecule has 0 aliphatic carbocycles. The number of oxime groups is 1. The van der Waals surface area contributed by atoms with Crippen LogP contribution in [-0.2, 0) is 9.63 Å². The van der Waals surface area contributed by atoms with Crippen LogP contribution in [0.5, 0.6) is 5.75 Å². The molecule has 6 nitrogen and oxygen atoms in total. The molecule has 0 fully saturated rings. The van der Waals surface area contributed by atoms with Crippen LogP contribution in [0.15, 0.2) is 35.6 Å². The number of alkyl halides is 1. The summed E-state index contributed by atoms with van der Waals surface area (Å²) in [5.74, 6) is 5.24. The average molecular weight is 507 g/mol. The molecule has 2 aromatic rings. The van der Waals surface area contributed by atoms with Crippen molar-refractivity contribution >= 4 is 57.4 Å². The topological polar surface area (TPSA) is 72.8 Å². The number of fused-ring (bicyclic) bond motifs is 1. The van der Waals surface area contributed by atoms with E-state index in [2.05, 4.69) is 54.7 Å². The Bertz CT molecular complexity index is 967. The molecule has 0 radical (unpaired) electrons. The van der Waals surface area contributed by atoms with E-state index in [1.807, 2.05) is 12.1 Å². The lowest BCUT2D eigenvalue weighted by Gasteiger charge is -2.25. The van der Waals surface area contributed by atoms with Crippen molar-refractivity contribution in [2.75, 3.05) is 17.8 Å². The van der Waals surface area contributed by atoms with Crippen molar-refractivity contribution in [3.8, 4) is 30.4 Å². The van der Waals surface area contributed by atoms with Crippen LogP contribution in [0.1, 0.15) is 5.56 Å². The summed E-state index contributed by atoms with van der Waals surface area (Å²) in [4.78, 5) is 21.7. The van der Waals surface area contributed by atoms with E-state index in [0.717, 1.165) is 10.9 Å². The molecule has 2 rings (SSSR count). The molecular formula is C20H18IN3O3S. The quantitative estimate of drug-likeness (QED) is 0.149. The Morgan fingerprint density at radius 1 is 1.50 bits per heavy atom. The summed E-state index contributed by atoms with van der Waals surface area (Å²) in [7, 11) is 1.40. The SMILES string of the molecule is C#Cc1cnc2ccc(OC(SC)C(=O)NC(C#C)(C=NOC)CI)cc2c1. The van der Waals surface area contributed by atoms with E-state index >= 15 is 0 Å². The molecule has 1 aromatic heterocycles. The van der Waals surface area contributed by atoms with Crippen LogP contribution in [0, 0.1) is 24.7 Å². The van der Waals surface area contributed by atoms with Crippen LogP contribution in [0.4, 0.5) is 0 Å². The van der Waals surface area contributed by atoms with Gasteiger partial charge in [0, 0.05) is 21.6 Å². The molecule has 0 aliphatic heterocycles. The van der Waals surface area contributed by atoms with Gasteiger partial charge in [-0.1, -0.05) is 39.6 Å². The van der Waals surface area contributed by atoms with Gasteiger partial charge in [-0.3, -0.25) is 9.78 Å². The van der Waals surface area contributed by atoms with Gasteiger partial charge in [-0.2, -0.15) is 0 Å². The Labute approximate surface area is 182 Å². The fraction of sp³-hybridized carbons (Fsp3) is 0.250. The first-order valence-electron chi connectivity index (χ1n) is 8.00. The Kier molecular flexibility index (Phi) is 7.97. The smallest absolute Gasteiger partial charge is 0.273 e. The molecule has 0 saturated carbocycles. The molecule has 0 bridgehead atoms. The molecule has 2 atom stereocenters. The lowest BCUT2D eigenvalue weighted by atomic mass is 10.1. The molecular weight excluding hydrogens is 489 g/mol. The number of nitrogens with zero attached hydrogens (tertiary/aromatic N) is 2. The highest BCUT2D eigenvalue weighted by Crippen LogP contribution is 2.23. The molecule has 2 unspecified atom stereocenters. The summed E-state index contributed by atoms with van der Waals surface area (Å²) < 4.78 is 6.29. The lowest BCUT2D eigenvalue weighted by Crippen LogP contribution is -2.53. The van der Waals surface area contributed by atoms with E-state index in [0.29, 0.717) is 15.7 Å². The number of carbonyl (C=O) groups is 1. The maximum Gasteiger partial charge on any atom is 0.273 e. The van der Waals surface area contributed by atoms with Crippen LogP contribution < -0.4 is 10.1 Å². The molecule has 1 N–H and O–H groups in total. The third-order valence-corrected chi connectivity index (χ3v) is 5.63. The first kappa shape index (κ1) is 21.9. The zero-order chi connectivity index (χ0) is 20.6. The summed E-state index contributed by atoms with van der Waals surface area (Å²) in [5.41, 5.74) is -0.432. The second-order valence-corrected chi connectivity index (χ2v) is 7.23. The number of amides is 1. The minimum atomic E-state index is -1.07. The van der Waals surface area contributed by atoms with Crippen molar-refractivity contribution in [1.29, 1.82) is 0 Å². The number of terminal acetylenes is 2. The standard InChI is InChI=1S/C20H18IN3O3S/c1-5-14-9-15-10-16(7-8-17(15)22-11-14)27-19(28-4)18(25)24-20(6-2,12-21)13-23-26-3/h1-2,7-11,13,19H,12H2,3-4H3,(H,24,25). The van der Waals surface area contributed by atoms with Gasteiger partial charge in [0.1, 0.15) is 18.4 Å². The summed E-state index contributed by atoms with van der Waals surface area (Å²) >= 11 is 3.32.